The quantitative estimate of drug-likeness (QED) is 0.520. The summed E-state index contributed by atoms with van der Waals surface area (Å²) in [5.74, 6) is 0.714. The Balaban J connectivity index is 3.38. The Kier molecular flexibility index (Phi) is 5.81. The van der Waals surface area contributed by atoms with Gasteiger partial charge in [0.25, 0.3) is 7.52 Å². The Bertz CT molecular complexity index is 159. The number of nitrogens with one attached hydrogen (secondary N) is 1. The van der Waals surface area contributed by atoms with Gasteiger partial charge in [0.15, 0.2) is 0 Å². The molecule has 12 heavy (non-hydrogen) atoms. The van der Waals surface area contributed by atoms with E-state index in [4.69, 9.17) is 4.52 Å². The van der Waals surface area contributed by atoms with Crippen LogP contribution in [0.5, 0.6) is 0 Å². The molecule has 0 fully saturated rings. The highest BCUT2D eigenvalue weighted by atomic mass is 31.2. The average molecular weight is 193 g/mol. The standard InChI is InChI=1S/C8H20NO2P/c1-8(2)6-5-7-9-12(4,10)11-3/h8H,5-7H2,1-4H3,(H,9,10). The van der Waals surface area contributed by atoms with E-state index in [2.05, 4.69) is 18.9 Å². The SMILES string of the molecule is COP(C)(=O)NCCCC(C)C. The fourth-order valence-electron chi connectivity index (χ4n) is 0.857. The smallest absolute Gasteiger partial charge is 0.266 e. The molecule has 0 amide bonds. The van der Waals surface area contributed by atoms with Crippen LogP contribution in [-0.2, 0) is 9.09 Å². The molecule has 74 valence electrons. The van der Waals surface area contributed by atoms with E-state index in [9.17, 15) is 4.57 Å². The highest BCUT2D eigenvalue weighted by Crippen LogP contribution is 2.35. The van der Waals surface area contributed by atoms with Crippen LogP contribution >= 0.6 is 7.52 Å². The lowest BCUT2D eigenvalue weighted by molar-refractivity contribution is 0.386. The monoisotopic (exact) mass is 193 g/mol. The van der Waals surface area contributed by atoms with E-state index in [0.717, 1.165) is 19.4 Å². The summed E-state index contributed by atoms with van der Waals surface area (Å²) >= 11 is 0. The van der Waals surface area contributed by atoms with E-state index in [-0.39, 0.29) is 0 Å². The molecule has 1 N–H and O–H groups in total. The minimum Gasteiger partial charge on any atom is -0.321 e. The normalized spacial score (nSPS) is 16.4. The van der Waals surface area contributed by atoms with E-state index in [1.165, 1.54) is 7.11 Å². The molecule has 0 heterocycles. The zero-order chi connectivity index (χ0) is 9.61. The summed E-state index contributed by atoms with van der Waals surface area (Å²) in [7, 11) is -1.01. The fraction of sp³-hybridized carbons (Fsp3) is 1.00. The van der Waals surface area contributed by atoms with Crippen molar-refractivity contribution >= 4 is 7.52 Å². The summed E-state index contributed by atoms with van der Waals surface area (Å²) in [5.41, 5.74) is 0. The summed E-state index contributed by atoms with van der Waals surface area (Å²) in [6, 6.07) is 0. The van der Waals surface area contributed by atoms with Crippen molar-refractivity contribution in [1.29, 1.82) is 0 Å². The minimum absolute atomic E-state index is 0.714. The van der Waals surface area contributed by atoms with E-state index < -0.39 is 7.52 Å². The van der Waals surface area contributed by atoms with Crippen molar-refractivity contribution in [2.24, 2.45) is 5.92 Å². The van der Waals surface area contributed by atoms with Crippen LogP contribution in [0.15, 0.2) is 0 Å². The molecule has 0 aliphatic heterocycles. The molecule has 1 atom stereocenters. The third-order valence-corrected chi connectivity index (χ3v) is 3.20. The van der Waals surface area contributed by atoms with Gasteiger partial charge in [-0.25, -0.2) is 5.09 Å². The average Bonchev–Trinajstić information content (AvgIpc) is 1.98. The van der Waals surface area contributed by atoms with Crippen LogP contribution < -0.4 is 5.09 Å². The maximum Gasteiger partial charge on any atom is 0.266 e. The van der Waals surface area contributed by atoms with Crippen molar-refractivity contribution in [3.8, 4) is 0 Å². The molecule has 0 aromatic rings. The van der Waals surface area contributed by atoms with Crippen molar-refractivity contribution in [1.82, 2.24) is 5.09 Å². The maximum atomic E-state index is 11.3. The number of hydrogen-bond acceptors (Lipinski definition) is 2. The van der Waals surface area contributed by atoms with Gasteiger partial charge >= 0.3 is 0 Å². The van der Waals surface area contributed by atoms with Crippen molar-refractivity contribution in [3.05, 3.63) is 0 Å². The van der Waals surface area contributed by atoms with Crippen molar-refractivity contribution in [2.75, 3.05) is 20.3 Å². The highest BCUT2D eigenvalue weighted by molar-refractivity contribution is 7.55. The highest BCUT2D eigenvalue weighted by Gasteiger charge is 2.10. The van der Waals surface area contributed by atoms with Crippen LogP contribution in [0.2, 0.25) is 0 Å². The first-order chi connectivity index (χ1) is 5.48. The molecule has 0 rings (SSSR count). The van der Waals surface area contributed by atoms with Gasteiger partial charge in [-0.2, -0.15) is 0 Å². The Morgan fingerprint density at radius 3 is 2.50 bits per heavy atom. The first-order valence-electron chi connectivity index (χ1n) is 4.36. The topological polar surface area (TPSA) is 38.3 Å². The molecule has 0 radical (unpaired) electrons. The molecule has 1 unspecified atom stereocenters. The van der Waals surface area contributed by atoms with E-state index >= 15 is 0 Å². The first kappa shape index (κ1) is 12.2. The molecule has 3 nitrogen and oxygen atoms in total. The fourth-order valence-corrected chi connectivity index (χ4v) is 1.55. The molecule has 0 aromatic heterocycles. The predicted molar refractivity (Wildman–Crippen MR) is 52.6 cm³/mol. The molecule has 0 aliphatic carbocycles. The predicted octanol–water partition coefficient (Wildman–Crippen LogP) is 2.48. The van der Waals surface area contributed by atoms with E-state index in [0.29, 0.717) is 5.92 Å². The van der Waals surface area contributed by atoms with Crippen LogP contribution in [0.25, 0.3) is 0 Å². The van der Waals surface area contributed by atoms with Gasteiger partial charge in [0, 0.05) is 20.3 Å². The van der Waals surface area contributed by atoms with Gasteiger partial charge in [0.1, 0.15) is 0 Å². The zero-order valence-corrected chi connectivity index (χ0v) is 9.36. The molecule has 0 saturated heterocycles. The third kappa shape index (κ3) is 6.84. The van der Waals surface area contributed by atoms with E-state index in [1.807, 2.05) is 0 Å². The molecular weight excluding hydrogens is 173 g/mol. The van der Waals surface area contributed by atoms with E-state index in [1.54, 1.807) is 6.66 Å². The lowest BCUT2D eigenvalue weighted by Gasteiger charge is -2.12. The largest absolute Gasteiger partial charge is 0.321 e. The molecule has 0 aromatic carbocycles. The third-order valence-electron chi connectivity index (χ3n) is 1.71. The molecule has 0 aliphatic rings. The molecule has 0 bridgehead atoms. The van der Waals surface area contributed by atoms with Crippen molar-refractivity contribution < 1.29 is 9.09 Å². The number of rotatable bonds is 6. The van der Waals surface area contributed by atoms with Gasteiger partial charge in [-0.05, 0) is 18.8 Å². The Hall–Kier alpha value is 0.150. The summed E-state index contributed by atoms with van der Waals surface area (Å²) in [4.78, 5) is 0. The van der Waals surface area contributed by atoms with Crippen LogP contribution in [0.3, 0.4) is 0 Å². The summed E-state index contributed by atoms with van der Waals surface area (Å²) in [6.07, 6.45) is 2.22. The van der Waals surface area contributed by atoms with Gasteiger partial charge in [0.2, 0.25) is 0 Å². The maximum absolute atomic E-state index is 11.3. The zero-order valence-electron chi connectivity index (χ0n) is 8.46. The van der Waals surface area contributed by atoms with Gasteiger partial charge in [-0.1, -0.05) is 13.8 Å². The molecule has 4 heteroatoms. The van der Waals surface area contributed by atoms with Gasteiger partial charge < -0.3 is 4.52 Å². The second-order valence-corrected chi connectivity index (χ2v) is 5.85. The Labute approximate surface area is 75.4 Å². The van der Waals surface area contributed by atoms with Crippen LogP contribution in [0.1, 0.15) is 26.7 Å². The van der Waals surface area contributed by atoms with Crippen molar-refractivity contribution in [2.45, 2.75) is 26.7 Å². The molecule has 0 spiro atoms. The Morgan fingerprint density at radius 2 is 2.08 bits per heavy atom. The molecular formula is C8H20NO2P. The van der Waals surface area contributed by atoms with Gasteiger partial charge in [0.05, 0.1) is 0 Å². The van der Waals surface area contributed by atoms with Gasteiger partial charge in [-0.3, -0.25) is 4.57 Å². The second kappa shape index (κ2) is 5.74. The lowest BCUT2D eigenvalue weighted by Crippen LogP contribution is -2.12. The number of hydrogen-bond donors (Lipinski definition) is 1. The first-order valence-corrected chi connectivity index (χ1v) is 6.43. The Morgan fingerprint density at radius 1 is 1.50 bits per heavy atom. The van der Waals surface area contributed by atoms with Crippen molar-refractivity contribution in [3.63, 3.8) is 0 Å². The van der Waals surface area contributed by atoms with Gasteiger partial charge in [-0.15, -0.1) is 0 Å². The second-order valence-electron chi connectivity index (χ2n) is 3.47. The minimum atomic E-state index is -2.48. The molecule has 0 saturated carbocycles. The summed E-state index contributed by atoms with van der Waals surface area (Å²) < 4.78 is 16.1. The summed E-state index contributed by atoms with van der Waals surface area (Å²) in [5, 5.41) is 2.90. The lowest BCUT2D eigenvalue weighted by atomic mass is 10.1. The summed E-state index contributed by atoms with van der Waals surface area (Å²) in [6.45, 7) is 6.74. The van der Waals surface area contributed by atoms with Crippen LogP contribution in [0.4, 0.5) is 0 Å². The van der Waals surface area contributed by atoms with Crippen LogP contribution in [-0.4, -0.2) is 20.3 Å². The van der Waals surface area contributed by atoms with Crippen LogP contribution in [0, 0.1) is 5.92 Å².